The highest BCUT2D eigenvalue weighted by molar-refractivity contribution is 7.99. The fourth-order valence-corrected chi connectivity index (χ4v) is 3.48. The van der Waals surface area contributed by atoms with Gasteiger partial charge in [-0.2, -0.15) is 16.7 Å². The molecule has 1 saturated heterocycles. The van der Waals surface area contributed by atoms with Crippen molar-refractivity contribution in [2.24, 2.45) is 0 Å². The lowest BCUT2D eigenvalue weighted by molar-refractivity contribution is 0.372. The van der Waals surface area contributed by atoms with E-state index in [0.717, 1.165) is 30.2 Å². The molecule has 0 radical (unpaired) electrons. The molecular formula is C14H17N3OS. The van der Waals surface area contributed by atoms with Gasteiger partial charge < -0.3 is 10.3 Å². The van der Waals surface area contributed by atoms with Crippen molar-refractivity contribution in [3.8, 4) is 0 Å². The van der Waals surface area contributed by atoms with Gasteiger partial charge in [0.05, 0.1) is 5.25 Å². The van der Waals surface area contributed by atoms with Crippen LogP contribution in [0.5, 0.6) is 0 Å². The molecule has 1 atom stereocenters. The van der Waals surface area contributed by atoms with Crippen LogP contribution in [0.2, 0.25) is 0 Å². The number of nitrogens with zero attached hydrogens (tertiary/aromatic N) is 2. The van der Waals surface area contributed by atoms with Crippen molar-refractivity contribution in [3.63, 3.8) is 0 Å². The smallest absolute Gasteiger partial charge is 0.227 e. The highest BCUT2D eigenvalue weighted by atomic mass is 32.2. The number of aryl methyl sites for hydroxylation is 2. The Hall–Kier alpha value is -1.49. The Morgan fingerprint density at radius 1 is 1.37 bits per heavy atom. The maximum Gasteiger partial charge on any atom is 0.227 e. The summed E-state index contributed by atoms with van der Waals surface area (Å²) in [6.07, 6.45) is 4.07. The number of nitrogens with two attached hydrogens (primary N) is 1. The van der Waals surface area contributed by atoms with Crippen molar-refractivity contribution in [3.05, 3.63) is 41.5 Å². The van der Waals surface area contributed by atoms with Gasteiger partial charge in [-0.1, -0.05) is 17.3 Å². The Balaban J connectivity index is 1.61. The predicted octanol–water partition coefficient (Wildman–Crippen LogP) is 3.01. The molecule has 1 fully saturated rings. The fourth-order valence-electron chi connectivity index (χ4n) is 2.28. The molecule has 0 aliphatic carbocycles. The normalized spacial score (nSPS) is 18.8. The first-order chi connectivity index (χ1) is 9.31. The molecule has 2 heterocycles. The zero-order chi connectivity index (χ0) is 13.1. The van der Waals surface area contributed by atoms with Gasteiger partial charge in [-0.05, 0) is 42.7 Å². The molecule has 0 bridgehead atoms. The van der Waals surface area contributed by atoms with Gasteiger partial charge in [0.2, 0.25) is 5.89 Å². The highest BCUT2D eigenvalue weighted by Crippen LogP contribution is 2.38. The number of hydrogen-bond acceptors (Lipinski definition) is 5. The average molecular weight is 275 g/mol. The van der Waals surface area contributed by atoms with E-state index in [1.807, 2.05) is 30.0 Å². The number of aromatic nitrogens is 2. The number of nitrogen functional groups attached to an aromatic ring is 1. The van der Waals surface area contributed by atoms with Gasteiger partial charge in [0, 0.05) is 12.1 Å². The monoisotopic (exact) mass is 275 g/mol. The second kappa shape index (κ2) is 5.65. The van der Waals surface area contributed by atoms with E-state index in [4.69, 9.17) is 10.3 Å². The molecule has 1 unspecified atom stereocenters. The van der Waals surface area contributed by atoms with E-state index < -0.39 is 0 Å². The van der Waals surface area contributed by atoms with Crippen LogP contribution in [0.15, 0.2) is 28.8 Å². The molecule has 1 aliphatic heterocycles. The zero-order valence-electron chi connectivity index (χ0n) is 10.7. The third-order valence-corrected chi connectivity index (χ3v) is 4.65. The van der Waals surface area contributed by atoms with Crippen LogP contribution in [0.4, 0.5) is 5.69 Å². The number of anilines is 1. The summed E-state index contributed by atoms with van der Waals surface area (Å²) in [7, 11) is 0. The van der Waals surface area contributed by atoms with E-state index in [2.05, 4.69) is 16.2 Å². The maximum atomic E-state index is 5.76. The van der Waals surface area contributed by atoms with Crippen LogP contribution >= 0.6 is 11.8 Å². The van der Waals surface area contributed by atoms with Crippen LogP contribution in [0.3, 0.4) is 0 Å². The molecule has 100 valence electrons. The zero-order valence-corrected chi connectivity index (χ0v) is 11.5. The third kappa shape index (κ3) is 3.10. The quantitative estimate of drug-likeness (QED) is 0.869. The molecule has 5 heteroatoms. The van der Waals surface area contributed by atoms with E-state index in [1.54, 1.807) is 0 Å². The van der Waals surface area contributed by atoms with E-state index in [9.17, 15) is 0 Å². The van der Waals surface area contributed by atoms with Crippen LogP contribution in [0.1, 0.15) is 35.4 Å². The van der Waals surface area contributed by atoms with Crippen molar-refractivity contribution in [2.75, 3.05) is 11.5 Å². The van der Waals surface area contributed by atoms with Gasteiger partial charge in [0.15, 0.2) is 5.82 Å². The molecule has 1 aliphatic rings. The molecule has 2 aromatic rings. The molecule has 0 spiro atoms. The van der Waals surface area contributed by atoms with E-state index in [-0.39, 0.29) is 0 Å². The second-order valence-electron chi connectivity index (χ2n) is 4.79. The average Bonchev–Trinajstić information content (AvgIpc) is 3.07. The van der Waals surface area contributed by atoms with Crippen LogP contribution in [-0.4, -0.2) is 15.9 Å². The van der Waals surface area contributed by atoms with Crippen molar-refractivity contribution >= 4 is 17.4 Å². The first kappa shape index (κ1) is 12.5. The molecule has 1 aromatic carbocycles. The Kier molecular flexibility index (Phi) is 3.73. The summed E-state index contributed by atoms with van der Waals surface area (Å²) in [6.45, 7) is 0. The lowest BCUT2D eigenvalue weighted by Crippen LogP contribution is -1.95. The molecule has 4 nitrogen and oxygen atoms in total. The Bertz CT molecular complexity index is 549. The van der Waals surface area contributed by atoms with Gasteiger partial charge in [-0.3, -0.25) is 0 Å². The topological polar surface area (TPSA) is 64.9 Å². The molecule has 3 rings (SSSR count). The summed E-state index contributed by atoms with van der Waals surface area (Å²) in [5.41, 5.74) is 7.76. The second-order valence-corrected chi connectivity index (χ2v) is 6.10. The van der Waals surface area contributed by atoms with Crippen molar-refractivity contribution < 1.29 is 4.52 Å². The molecular weight excluding hydrogens is 258 g/mol. The summed E-state index contributed by atoms with van der Waals surface area (Å²) < 4.78 is 5.32. The van der Waals surface area contributed by atoms with Crippen LogP contribution in [0, 0.1) is 0 Å². The maximum absolute atomic E-state index is 5.76. The van der Waals surface area contributed by atoms with Crippen molar-refractivity contribution in [1.29, 1.82) is 0 Å². The molecule has 19 heavy (non-hydrogen) atoms. The predicted molar refractivity (Wildman–Crippen MR) is 77.0 cm³/mol. The lowest BCUT2D eigenvalue weighted by Gasteiger charge is -2.00. The van der Waals surface area contributed by atoms with Gasteiger partial charge in [-0.15, -0.1) is 0 Å². The van der Waals surface area contributed by atoms with Gasteiger partial charge in [0.1, 0.15) is 0 Å². The van der Waals surface area contributed by atoms with E-state index in [0.29, 0.717) is 5.25 Å². The van der Waals surface area contributed by atoms with Gasteiger partial charge in [-0.25, -0.2) is 0 Å². The minimum Gasteiger partial charge on any atom is -0.399 e. The largest absolute Gasteiger partial charge is 0.399 e. The molecule has 1 aromatic heterocycles. The highest BCUT2D eigenvalue weighted by Gasteiger charge is 2.22. The number of benzene rings is 1. The minimum atomic E-state index is 0.435. The minimum absolute atomic E-state index is 0.435. The third-order valence-electron chi connectivity index (χ3n) is 3.28. The summed E-state index contributed by atoms with van der Waals surface area (Å²) in [5.74, 6) is 2.80. The Morgan fingerprint density at radius 3 is 3.11 bits per heavy atom. The number of thioether (sulfide) groups is 1. The Morgan fingerprint density at radius 2 is 2.32 bits per heavy atom. The molecule has 0 saturated carbocycles. The summed E-state index contributed by atoms with van der Waals surface area (Å²) >= 11 is 1.92. The standard InChI is InChI=1S/C14H17N3OS/c15-11-4-1-3-10(9-11)6-7-13-16-14(17-18-13)12-5-2-8-19-12/h1,3-4,9,12H,2,5-8,15H2. The van der Waals surface area contributed by atoms with Crippen molar-refractivity contribution in [2.45, 2.75) is 30.9 Å². The fraction of sp³-hybridized carbons (Fsp3) is 0.429. The van der Waals surface area contributed by atoms with E-state index >= 15 is 0 Å². The first-order valence-electron chi connectivity index (χ1n) is 6.60. The number of rotatable bonds is 4. The van der Waals surface area contributed by atoms with Crippen LogP contribution in [0.25, 0.3) is 0 Å². The SMILES string of the molecule is Nc1cccc(CCc2nc(C3CCCS3)no2)c1. The van der Waals surface area contributed by atoms with Gasteiger partial charge >= 0.3 is 0 Å². The van der Waals surface area contributed by atoms with Crippen LogP contribution < -0.4 is 5.73 Å². The summed E-state index contributed by atoms with van der Waals surface area (Å²) in [4.78, 5) is 4.50. The summed E-state index contributed by atoms with van der Waals surface area (Å²) in [5, 5.41) is 4.53. The van der Waals surface area contributed by atoms with Crippen LogP contribution in [-0.2, 0) is 12.8 Å². The van der Waals surface area contributed by atoms with Crippen molar-refractivity contribution in [1.82, 2.24) is 10.1 Å². The van der Waals surface area contributed by atoms with E-state index in [1.165, 1.54) is 24.2 Å². The number of hydrogen-bond donors (Lipinski definition) is 1. The lowest BCUT2D eigenvalue weighted by atomic mass is 10.1. The molecule has 2 N–H and O–H groups in total. The first-order valence-corrected chi connectivity index (χ1v) is 7.64. The summed E-state index contributed by atoms with van der Waals surface area (Å²) in [6, 6.07) is 7.93. The Labute approximate surface area is 116 Å². The molecule has 0 amide bonds. The van der Waals surface area contributed by atoms with Gasteiger partial charge in [0.25, 0.3) is 0 Å².